The van der Waals surface area contributed by atoms with Crippen molar-refractivity contribution < 1.29 is 19.1 Å². The molecule has 0 unspecified atom stereocenters. The van der Waals surface area contributed by atoms with Gasteiger partial charge >= 0.3 is 0 Å². The van der Waals surface area contributed by atoms with Crippen LogP contribution in [0.1, 0.15) is 32.6 Å². The zero-order valence-electron chi connectivity index (χ0n) is 20.9. The maximum atomic E-state index is 13.1. The number of rotatable bonds is 6. The lowest BCUT2D eigenvalue weighted by Crippen LogP contribution is -2.70. The Morgan fingerprint density at radius 3 is 2.47 bits per heavy atom. The lowest BCUT2D eigenvalue weighted by molar-refractivity contribution is -0.165. The summed E-state index contributed by atoms with van der Waals surface area (Å²) in [6.45, 7) is 7.80. The van der Waals surface area contributed by atoms with Crippen molar-refractivity contribution in [3.8, 4) is 0 Å². The fourth-order valence-electron chi connectivity index (χ4n) is 6.13. The van der Waals surface area contributed by atoms with Crippen LogP contribution in [0, 0.1) is 5.41 Å². The van der Waals surface area contributed by atoms with Crippen LogP contribution in [0.3, 0.4) is 0 Å². The predicted molar refractivity (Wildman–Crippen MR) is 137 cm³/mol. The first-order valence-corrected chi connectivity index (χ1v) is 13.4. The average molecular weight is 518 g/mol. The first-order valence-electron chi connectivity index (χ1n) is 13.0. The van der Waals surface area contributed by atoms with Crippen LogP contribution >= 0.6 is 11.6 Å². The Labute approximate surface area is 217 Å². The number of likely N-dealkylation sites (tertiary alicyclic amines) is 1. The number of hydrogen-bond donors (Lipinski definition) is 2. The number of anilines is 1. The highest BCUT2D eigenvalue weighted by atomic mass is 35.5. The van der Waals surface area contributed by atoms with Crippen LogP contribution in [0.5, 0.6) is 0 Å². The van der Waals surface area contributed by atoms with Crippen molar-refractivity contribution in [1.82, 2.24) is 20.4 Å². The van der Waals surface area contributed by atoms with E-state index < -0.39 is 5.54 Å². The molecule has 4 aliphatic heterocycles. The van der Waals surface area contributed by atoms with Crippen molar-refractivity contribution >= 4 is 35.0 Å². The Kier molecular flexibility index (Phi) is 7.16. The highest BCUT2D eigenvalue weighted by molar-refractivity contribution is 6.30. The van der Waals surface area contributed by atoms with Gasteiger partial charge in [-0.2, -0.15) is 0 Å². The van der Waals surface area contributed by atoms with Gasteiger partial charge < -0.3 is 25.2 Å². The molecule has 9 nitrogen and oxygen atoms in total. The third kappa shape index (κ3) is 5.06. The van der Waals surface area contributed by atoms with Gasteiger partial charge in [0.2, 0.25) is 11.8 Å². The smallest absolute Gasteiger partial charge is 0.253 e. The molecule has 0 bridgehead atoms. The third-order valence-corrected chi connectivity index (χ3v) is 8.56. The monoisotopic (exact) mass is 517 g/mol. The molecule has 1 spiro atoms. The molecule has 4 fully saturated rings. The fraction of sp³-hybridized carbons (Fsp3) is 0.654. The summed E-state index contributed by atoms with van der Waals surface area (Å²) in [5, 5.41) is 6.79. The largest absolute Gasteiger partial charge is 0.375 e. The van der Waals surface area contributed by atoms with Crippen LogP contribution in [0.2, 0.25) is 5.02 Å². The number of piperidine rings is 1. The molecule has 36 heavy (non-hydrogen) atoms. The number of halogens is 1. The van der Waals surface area contributed by atoms with E-state index in [1.165, 1.54) is 12.6 Å². The second-order valence-electron chi connectivity index (χ2n) is 10.8. The fourth-order valence-corrected chi connectivity index (χ4v) is 6.32. The highest BCUT2D eigenvalue weighted by Crippen LogP contribution is 2.41. The number of nitrogens with one attached hydrogen (secondary N) is 2. The molecule has 0 aromatic heterocycles. The minimum absolute atomic E-state index is 0.0920. The Morgan fingerprint density at radius 1 is 1.14 bits per heavy atom. The molecule has 1 atom stereocenters. The molecule has 4 saturated heterocycles. The van der Waals surface area contributed by atoms with E-state index in [4.69, 9.17) is 16.3 Å². The summed E-state index contributed by atoms with van der Waals surface area (Å²) in [6, 6.07) is 8.19. The first-order chi connectivity index (χ1) is 17.3. The summed E-state index contributed by atoms with van der Waals surface area (Å²) in [4.78, 5) is 44.3. The SMILES string of the molecule is CC(=O)NC1(C(=O)N2CCC3(CC2)C[C@H](CCN2CCN(c4cccc(Cl)c4)CC2)NC3=O)COC1. The number of carbonyl (C=O) groups is 3. The van der Waals surface area contributed by atoms with Crippen molar-refractivity contribution in [3.05, 3.63) is 29.3 Å². The van der Waals surface area contributed by atoms with E-state index in [9.17, 15) is 14.4 Å². The van der Waals surface area contributed by atoms with E-state index >= 15 is 0 Å². The van der Waals surface area contributed by atoms with Crippen LogP contribution < -0.4 is 15.5 Å². The number of piperazine rings is 1. The molecule has 2 N–H and O–H groups in total. The van der Waals surface area contributed by atoms with Crippen molar-refractivity contribution in [3.63, 3.8) is 0 Å². The Hall–Kier alpha value is -2.36. The van der Waals surface area contributed by atoms with Crippen molar-refractivity contribution in [2.75, 3.05) is 63.9 Å². The van der Waals surface area contributed by atoms with E-state index in [0.717, 1.165) is 50.6 Å². The molecule has 1 aromatic carbocycles. The minimum atomic E-state index is -0.937. The van der Waals surface area contributed by atoms with E-state index in [2.05, 4.69) is 26.5 Å². The van der Waals surface area contributed by atoms with Gasteiger partial charge in [-0.3, -0.25) is 19.3 Å². The van der Waals surface area contributed by atoms with Crippen LogP contribution in [0.15, 0.2) is 24.3 Å². The van der Waals surface area contributed by atoms with Gasteiger partial charge in [-0.05, 0) is 43.9 Å². The summed E-state index contributed by atoms with van der Waals surface area (Å²) in [5.41, 5.74) is -0.151. The quantitative estimate of drug-likeness (QED) is 0.590. The summed E-state index contributed by atoms with van der Waals surface area (Å²) in [7, 11) is 0. The van der Waals surface area contributed by atoms with Crippen LogP contribution in [0.4, 0.5) is 5.69 Å². The molecule has 4 heterocycles. The van der Waals surface area contributed by atoms with Gasteiger partial charge in [0.25, 0.3) is 5.91 Å². The maximum Gasteiger partial charge on any atom is 0.253 e. The van der Waals surface area contributed by atoms with Crippen molar-refractivity contribution in [2.45, 2.75) is 44.2 Å². The molecule has 0 radical (unpaired) electrons. The first kappa shape index (κ1) is 25.3. The second kappa shape index (κ2) is 10.2. The van der Waals surface area contributed by atoms with Gasteiger partial charge in [0.05, 0.1) is 18.6 Å². The molecular weight excluding hydrogens is 482 g/mol. The van der Waals surface area contributed by atoms with E-state index in [-0.39, 0.29) is 42.4 Å². The van der Waals surface area contributed by atoms with Gasteiger partial charge in [0.1, 0.15) is 0 Å². The van der Waals surface area contributed by atoms with Crippen molar-refractivity contribution in [2.24, 2.45) is 5.41 Å². The Bertz CT molecular complexity index is 1000. The molecule has 3 amide bonds. The summed E-state index contributed by atoms with van der Waals surface area (Å²) < 4.78 is 5.25. The average Bonchev–Trinajstić information content (AvgIpc) is 3.15. The van der Waals surface area contributed by atoms with E-state index in [1.54, 1.807) is 4.90 Å². The van der Waals surface area contributed by atoms with Crippen molar-refractivity contribution in [1.29, 1.82) is 0 Å². The zero-order chi connectivity index (χ0) is 25.3. The van der Waals surface area contributed by atoms with Crippen LogP contribution in [-0.4, -0.2) is 98.1 Å². The molecule has 0 aliphatic carbocycles. The van der Waals surface area contributed by atoms with E-state index in [0.29, 0.717) is 25.9 Å². The summed E-state index contributed by atoms with van der Waals surface area (Å²) in [5.74, 6) is -0.191. The van der Waals surface area contributed by atoms with Crippen LogP contribution in [0.25, 0.3) is 0 Å². The number of hydrogen-bond acceptors (Lipinski definition) is 6. The normalized spacial score (nSPS) is 25.4. The molecule has 0 saturated carbocycles. The number of ether oxygens (including phenoxy) is 1. The Balaban J connectivity index is 1.08. The predicted octanol–water partition coefficient (Wildman–Crippen LogP) is 1.25. The van der Waals surface area contributed by atoms with Gasteiger partial charge in [-0.25, -0.2) is 0 Å². The van der Waals surface area contributed by atoms with Gasteiger partial charge in [0.15, 0.2) is 5.54 Å². The van der Waals surface area contributed by atoms with Crippen LogP contribution in [-0.2, 0) is 19.1 Å². The molecule has 10 heteroatoms. The summed E-state index contributed by atoms with van der Waals surface area (Å²) in [6.07, 6.45) is 3.10. The van der Waals surface area contributed by atoms with E-state index in [1.807, 2.05) is 18.2 Å². The molecule has 196 valence electrons. The minimum Gasteiger partial charge on any atom is -0.375 e. The molecule has 1 aromatic rings. The third-order valence-electron chi connectivity index (χ3n) is 8.32. The number of benzene rings is 1. The lowest BCUT2D eigenvalue weighted by Gasteiger charge is -2.46. The molecular formula is C26H36ClN5O4. The standard InChI is InChI=1S/C26H36ClN5O4/c1-19(33)29-26(17-36-18-26)24(35)32-9-6-25(7-10-32)16-21(28-23(25)34)5-8-30-11-13-31(14-12-30)22-4-2-3-20(27)15-22/h2-4,15,21H,5-14,16-18H2,1H3,(H,28,34)(H,29,33)/t21-/m0/s1. The molecule has 5 rings (SSSR count). The second-order valence-corrected chi connectivity index (χ2v) is 11.2. The summed E-state index contributed by atoms with van der Waals surface area (Å²) >= 11 is 6.15. The zero-order valence-corrected chi connectivity index (χ0v) is 21.7. The Morgan fingerprint density at radius 2 is 1.86 bits per heavy atom. The lowest BCUT2D eigenvalue weighted by atomic mass is 9.75. The number of amides is 3. The topological polar surface area (TPSA) is 94.2 Å². The molecule has 4 aliphatic rings. The van der Waals surface area contributed by atoms with Gasteiger partial charge in [-0.15, -0.1) is 0 Å². The number of nitrogens with zero attached hydrogens (tertiary/aromatic N) is 3. The number of carbonyl (C=O) groups excluding carboxylic acids is 3. The maximum absolute atomic E-state index is 13.1. The van der Waals surface area contributed by atoms with Gasteiger partial charge in [0, 0.05) is 69.5 Å². The van der Waals surface area contributed by atoms with Gasteiger partial charge in [-0.1, -0.05) is 17.7 Å². The highest BCUT2D eigenvalue weighted by Gasteiger charge is 2.53.